The Morgan fingerprint density at radius 3 is 2.96 bits per heavy atom. The van der Waals surface area contributed by atoms with Crippen LogP contribution in [0.2, 0.25) is 0 Å². The molecule has 1 amide bonds. The molecule has 1 aromatic carbocycles. The Morgan fingerprint density at radius 1 is 1.36 bits per heavy atom. The molecule has 128 valence electrons. The van der Waals surface area contributed by atoms with Crippen molar-refractivity contribution in [3.05, 3.63) is 58.9 Å². The van der Waals surface area contributed by atoms with Gasteiger partial charge in [-0.25, -0.2) is 4.98 Å². The minimum Gasteiger partial charge on any atom is -0.345 e. The van der Waals surface area contributed by atoms with Gasteiger partial charge in [0.15, 0.2) is 4.96 Å². The van der Waals surface area contributed by atoms with Crippen molar-refractivity contribution < 1.29 is 18.0 Å². The van der Waals surface area contributed by atoms with Crippen LogP contribution in [0.4, 0.5) is 13.2 Å². The summed E-state index contributed by atoms with van der Waals surface area (Å²) in [6.45, 7) is 0.0529. The number of thiazole rings is 1. The number of carbonyl (C=O) groups is 1. The van der Waals surface area contributed by atoms with Gasteiger partial charge >= 0.3 is 6.18 Å². The third-order valence-electron chi connectivity index (χ3n) is 3.28. The maximum atomic E-state index is 12.6. The van der Waals surface area contributed by atoms with Gasteiger partial charge in [0.2, 0.25) is 5.91 Å². The normalized spacial score (nSPS) is 11.2. The maximum Gasteiger partial charge on any atom is 0.416 e. The van der Waals surface area contributed by atoms with E-state index in [1.165, 1.54) is 23.5 Å². The SMILES string of the molecule is O=C(Cc1cn2ccsc2n1)NCC#Cc1cccc(C(F)(F)F)c1. The highest BCUT2D eigenvalue weighted by Crippen LogP contribution is 2.29. The average Bonchev–Trinajstić information content (AvgIpc) is 3.12. The van der Waals surface area contributed by atoms with Crippen molar-refractivity contribution in [2.75, 3.05) is 6.54 Å². The zero-order valence-corrected chi connectivity index (χ0v) is 13.6. The van der Waals surface area contributed by atoms with E-state index in [0.29, 0.717) is 5.69 Å². The van der Waals surface area contributed by atoms with Gasteiger partial charge in [0.05, 0.1) is 24.2 Å². The van der Waals surface area contributed by atoms with E-state index < -0.39 is 11.7 Å². The molecule has 0 fully saturated rings. The van der Waals surface area contributed by atoms with E-state index in [0.717, 1.165) is 17.1 Å². The first kappa shape index (κ1) is 17.0. The zero-order valence-electron chi connectivity index (χ0n) is 12.8. The van der Waals surface area contributed by atoms with Crippen molar-refractivity contribution in [2.24, 2.45) is 0 Å². The third kappa shape index (κ3) is 4.39. The van der Waals surface area contributed by atoms with Crippen LogP contribution >= 0.6 is 11.3 Å². The number of hydrogen-bond acceptors (Lipinski definition) is 3. The summed E-state index contributed by atoms with van der Waals surface area (Å²) in [6, 6.07) is 4.76. The first-order valence-corrected chi connectivity index (χ1v) is 8.14. The maximum absolute atomic E-state index is 12.6. The van der Waals surface area contributed by atoms with Gasteiger partial charge in [-0.05, 0) is 18.2 Å². The summed E-state index contributed by atoms with van der Waals surface area (Å²) in [7, 11) is 0. The van der Waals surface area contributed by atoms with E-state index in [2.05, 4.69) is 22.1 Å². The van der Waals surface area contributed by atoms with Crippen LogP contribution in [-0.2, 0) is 17.4 Å². The molecule has 0 aliphatic carbocycles. The van der Waals surface area contributed by atoms with Gasteiger partial charge in [0.25, 0.3) is 0 Å². The minimum absolute atomic E-state index is 0.0529. The van der Waals surface area contributed by atoms with Crippen LogP contribution in [0, 0.1) is 11.8 Å². The van der Waals surface area contributed by atoms with Gasteiger partial charge in [-0.3, -0.25) is 9.20 Å². The van der Waals surface area contributed by atoms with Gasteiger partial charge in [-0.2, -0.15) is 13.2 Å². The Bertz CT molecular complexity index is 934. The lowest BCUT2D eigenvalue weighted by atomic mass is 10.1. The molecule has 0 aliphatic heterocycles. The van der Waals surface area contributed by atoms with Crippen LogP contribution in [0.25, 0.3) is 4.96 Å². The molecule has 8 heteroatoms. The largest absolute Gasteiger partial charge is 0.416 e. The number of nitrogens with zero attached hydrogens (tertiary/aromatic N) is 2. The molecule has 0 spiro atoms. The molecule has 3 aromatic rings. The molecule has 4 nitrogen and oxygen atoms in total. The van der Waals surface area contributed by atoms with Gasteiger partial charge in [0, 0.05) is 23.3 Å². The summed E-state index contributed by atoms with van der Waals surface area (Å²) in [5, 5.41) is 4.50. The number of nitrogens with one attached hydrogen (secondary N) is 1. The quantitative estimate of drug-likeness (QED) is 0.727. The lowest BCUT2D eigenvalue weighted by Gasteiger charge is -2.05. The molecule has 2 heterocycles. The number of imidazole rings is 1. The summed E-state index contributed by atoms with van der Waals surface area (Å²) >= 11 is 1.47. The topological polar surface area (TPSA) is 46.4 Å². The Hall–Kier alpha value is -2.79. The highest BCUT2D eigenvalue weighted by Gasteiger charge is 2.30. The van der Waals surface area contributed by atoms with Crippen LogP contribution in [-0.4, -0.2) is 21.8 Å². The van der Waals surface area contributed by atoms with E-state index >= 15 is 0 Å². The fourth-order valence-corrected chi connectivity index (χ4v) is 2.87. The van der Waals surface area contributed by atoms with Crippen LogP contribution in [0.1, 0.15) is 16.8 Å². The van der Waals surface area contributed by atoms with Crippen LogP contribution in [0.5, 0.6) is 0 Å². The predicted molar refractivity (Wildman–Crippen MR) is 88.1 cm³/mol. The van der Waals surface area contributed by atoms with Gasteiger partial charge in [0.1, 0.15) is 0 Å². The van der Waals surface area contributed by atoms with Crippen LogP contribution < -0.4 is 5.32 Å². The molecule has 0 saturated carbocycles. The molecule has 0 atom stereocenters. The molecular formula is C17H12F3N3OS. The van der Waals surface area contributed by atoms with E-state index in [4.69, 9.17) is 0 Å². The molecule has 2 aromatic heterocycles. The number of carbonyl (C=O) groups excluding carboxylic acids is 1. The zero-order chi connectivity index (χ0) is 17.9. The molecule has 0 unspecified atom stereocenters. The summed E-state index contributed by atoms with van der Waals surface area (Å²) in [4.78, 5) is 16.9. The number of benzene rings is 1. The lowest BCUT2D eigenvalue weighted by molar-refractivity contribution is -0.137. The highest BCUT2D eigenvalue weighted by molar-refractivity contribution is 7.15. The molecule has 0 bridgehead atoms. The van der Waals surface area contributed by atoms with Gasteiger partial charge < -0.3 is 5.32 Å². The van der Waals surface area contributed by atoms with Gasteiger partial charge in [-0.15, -0.1) is 11.3 Å². The predicted octanol–water partition coefficient (Wildman–Crippen LogP) is 3.13. The molecule has 0 saturated heterocycles. The average molecular weight is 363 g/mol. The second-order valence-corrected chi connectivity index (χ2v) is 6.03. The first-order chi connectivity index (χ1) is 11.9. The van der Waals surface area contributed by atoms with Crippen molar-refractivity contribution in [1.29, 1.82) is 0 Å². The van der Waals surface area contributed by atoms with Crippen molar-refractivity contribution in [3.8, 4) is 11.8 Å². The number of rotatable bonds is 3. The first-order valence-electron chi connectivity index (χ1n) is 7.26. The second-order valence-electron chi connectivity index (χ2n) is 5.16. The summed E-state index contributed by atoms with van der Waals surface area (Å²) in [6.07, 6.45) is -0.640. The fourth-order valence-electron chi connectivity index (χ4n) is 2.15. The lowest BCUT2D eigenvalue weighted by Crippen LogP contribution is -2.25. The molecular weight excluding hydrogens is 351 g/mol. The molecule has 0 radical (unpaired) electrons. The molecule has 1 N–H and O–H groups in total. The van der Waals surface area contributed by atoms with Crippen molar-refractivity contribution >= 4 is 22.2 Å². The standard InChI is InChI=1S/C17H12F3N3OS/c18-17(19,20)13-5-1-3-12(9-13)4-2-6-21-15(24)10-14-11-23-7-8-25-16(23)22-14/h1,3,5,7-9,11H,6,10H2,(H,21,24). The summed E-state index contributed by atoms with van der Waals surface area (Å²) < 4.78 is 39.7. The molecule has 25 heavy (non-hydrogen) atoms. The summed E-state index contributed by atoms with van der Waals surface area (Å²) in [5.74, 6) is 5.01. The monoisotopic (exact) mass is 363 g/mol. The molecule has 0 aliphatic rings. The number of fused-ring (bicyclic) bond motifs is 1. The number of alkyl halides is 3. The highest BCUT2D eigenvalue weighted by atomic mass is 32.1. The van der Waals surface area contributed by atoms with E-state index in [-0.39, 0.29) is 24.4 Å². The van der Waals surface area contributed by atoms with E-state index in [1.54, 1.807) is 6.20 Å². The number of hydrogen-bond donors (Lipinski definition) is 1. The van der Waals surface area contributed by atoms with Crippen molar-refractivity contribution in [3.63, 3.8) is 0 Å². The van der Waals surface area contributed by atoms with E-state index in [1.807, 2.05) is 16.0 Å². The Balaban J connectivity index is 1.53. The smallest absolute Gasteiger partial charge is 0.345 e. The number of aromatic nitrogens is 2. The number of halogens is 3. The van der Waals surface area contributed by atoms with Crippen molar-refractivity contribution in [2.45, 2.75) is 12.6 Å². The van der Waals surface area contributed by atoms with Crippen LogP contribution in [0.3, 0.4) is 0 Å². The fraction of sp³-hybridized carbons (Fsp3) is 0.176. The van der Waals surface area contributed by atoms with E-state index in [9.17, 15) is 18.0 Å². The Labute approximate surface area is 145 Å². The van der Waals surface area contributed by atoms with Gasteiger partial charge in [-0.1, -0.05) is 17.9 Å². The number of amides is 1. The third-order valence-corrected chi connectivity index (χ3v) is 4.05. The molecule has 3 rings (SSSR count). The second kappa shape index (κ2) is 6.99. The summed E-state index contributed by atoms with van der Waals surface area (Å²) in [5.41, 5.74) is 0.150. The minimum atomic E-state index is -4.40. The van der Waals surface area contributed by atoms with Crippen molar-refractivity contribution in [1.82, 2.24) is 14.7 Å². The Kier molecular flexibility index (Phi) is 4.76. The van der Waals surface area contributed by atoms with Crippen LogP contribution in [0.15, 0.2) is 42.0 Å². The Morgan fingerprint density at radius 2 is 2.20 bits per heavy atom.